The predicted octanol–water partition coefficient (Wildman–Crippen LogP) is 5.10. The Labute approximate surface area is 181 Å². The topological polar surface area (TPSA) is 66.5 Å². The first-order valence-electron chi connectivity index (χ1n) is 10.2. The molecule has 0 bridgehead atoms. The summed E-state index contributed by atoms with van der Waals surface area (Å²) in [6, 6.07) is 16.6. The number of rotatable bonds is 9. The zero-order chi connectivity index (χ0) is 21.5. The highest BCUT2D eigenvalue weighted by Gasteiger charge is 2.39. The lowest BCUT2D eigenvalue weighted by molar-refractivity contribution is -0.136. The standard InChI is InChI=1S/C24H26N2O3S/c1-3-4-5-9-16-26-23(28)21(18-12-14-19(15-13-18)25-17(2)27)22(24(26)29)30-20-10-7-6-8-11-20/h6-8,10-15H,3-5,9,16H2,1-2H3,(H,25,27). The van der Waals surface area contributed by atoms with E-state index < -0.39 is 0 Å². The van der Waals surface area contributed by atoms with E-state index in [0.29, 0.717) is 28.3 Å². The van der Waals surface area contributed by atoms with E-state index in [9.17, 15) is 14.4 Å². The molecule has 1 heterocycles. The molecule has 30 heavy (non-hydrogen) atoms. The Bertz CT molecular complexity index is 952. The summed E-state index contributed by atoms with van der Waals surface area (Å²) in [5.41, 5.74) is 1.76. The zero-order valence-corrected chi connectivity index (χ0v) is 18.1. The van der Waals surface area contributed by atoms with Crippen LogP contribution in [0.4, 0.5) is 5.69 Å². The van der Waals surface area contributed by atoms with E-state index in [-0.39, 0.29) is 17.7 Å². The van der Waals surface area contributed by atoms with Crippen molar-refractivity contribution in [3.63, 3.8) is 0 Å². The molecule has 156 valence electrons. The van der Waals surface area contributed by atoms with Crippen molar-refractivity contribution in [3.05, 3.63) is 65.1 Å². The molecule has 2 aromatic carbocycles. The maximum absolute atomic E-state index is 13.2. The van der Waals surface area contributed by atoms with E-state index in [4.69, 9.17) is 0 Å². The Morgan fingerprint density at radius 1 is 0.933 bits per heavy atom. The summed E-state index contributed by atoms with van der Waals surface area (Å²) in [6.07, 6.45) is 3.99. The fraction of sp³-hybridized carbons (Fsp3) is 0.292. The number of thioether (sulfide) groups is 1. The molecule has 1 aliphatic heterocycles. The van der Waals surface area contributed by atoms with Crippen molar-refractivity contribution in [1.82, 2.24) is 4.90 Å². The number of nitrogens with zero attached hydrogens (tertiary/aromatic N) is 1. The van der Waals surface area contributed by atoms with E-state index in [1.54, 1.807) is 24.3 Å². The van der Waals surface area contributed by atoms with Gasteiger partial charge in [0.25, 0.3) is 11.8 Å². The largest absolute Gasteiger partial charge is 0.326 e. The van der Waals surface area contributed by atoms with Crippen molar-refractivity contribution in [2.45, 2.75) is 44.4 Å². The Balaban J connectivity index is 1.91. The predicted molar refractivity (Wildman–Crippen MR) is 121 cm³/mol. The highest BCUT2D eigenvalue weighted by molar-refractivity contribution is 8.04. The molecule has 1 N–H and O–H groups in total. The van der Waals surface area contributed by atoms with Gasteiger partial charge in [0, 0.05) is 24.1 Å². The molecule has 6 heteroatoms. The third-order valence-corrected chi connectivity index (χ3v) is 5.91. The lowest BCUT2D eigenvalue weighted by atomic mass is 10.1. The minimum atomic E-state index is -0.248. The molecule has 0 spiro atoms. The van der Waals surface area contributed by atoms with E-state index in [2.05, 4.69) is 12.2 Å². The van der Waals surface area contributed by atoms with Gasteiger partial charge in [0.1, 0.15) is 0 Å². The summed E-state index contributed by atoms with van der Waals surface area (Å²) in [7, 11) is 0. The fourth-order valence-corrected chi connectivity index (χ4v) is 4.37. The van der Waals surface area contributed by atoms with Crippen molar-refractivity contribution in [3.8, 4) is 0 Å². The van der Waals surface area contributed by atoms with Gasteiger partial charge in [0.05, 0.1) is 10.5 Å². The van der Waals surface area contributed by atoms with Gasteiger partial charge < -0.3 is 5.32 Å². The van der Waals surface area contributed by atoms with E-state index in [1.807, 2.05) is 30.3 Å². The van der Waals surface area contributed by atoms with Crippen LogP contribution in [0.1, 0.15) is 45.1 Å². The van der Waals surface area contributed by atoms with Gasteiger partial charge in [0.2, 0.25) is 5.91 Å². The Hall–Kier alpha value is -2.86. The monoisotopic (exact) mass is 422 g/mol. The average Bonchev–Trinajstić information content (AvgIpc) is 2.96. The first-order chi connectivity index (χ1) is 14.5. The maximum atomic E-state index is 13.2. The molecule has 0 aromatic heterocycles. The highest BCUT2D eigenvalue weighted by atomic mass is 32.2. The number of unbranched alkanes of at least 4 members (excludes halogenated alkanes) is 3. The van der Waals surface area contributed by atoms with E-state index in [1.165, 1.54) is 23.6 Å². The zero-order valence-electron chi connectivity index (χ0n) is 17.3. The SMILES string of the molecule is CCCCCCN1C(=O)C(Sc2ccccc2)=C(c2ccc(NC(C)=O)cc2)C1=O. The van der Waals surface area contributed by atoms with E-state index in [0.717, 1.165) is 30.6 Å². The molecule has 1 aliphatic rings. The molecule has 3 rings (SSSR count). The number of hydrogen-bond acceptors (Lipinski definition) is 4. The smallest absolute Gasteiger partial charge is 0.268 e. The van der Waals surface area contributed by atoms with Crippen LogP contribution in [-0.4, -0.2) is 29.2 Å². The van der Waals surface area contributed by atoms with E-state index >= 15 is 0 Å². The van der Waals surface area contributed by atoms with Crippen molar-refractivity contribution in [1.29, 1.82) is 0 Å². The third-order valence-electron chi connectivity index (χ3n) is 4.82. The van der Waals surface area contributed by atoms with Gasteiger partial charge >= 0.3 is 0 Å². The summed E-state index contributed by atoms with van der Waals surface area (Å²) >= 11 is 1.33. The maximum Gasteiger partial charge on any atom is 0.268 e. The minimum absolute atomic E-state index is 0.160. The molecular weight excluding hydrogens is 396 g/mol. The fourth-order valence-electron chi connectivity index (χ4n) is 3.33. The van der Waals surface area contributed by atoms with Crippen LogP contribution in [0.5, 0.6) is 0 Å². The summed E-state index contributed by atoms with van der Waals surface area (Å²) in [5.74, 6) is -0.638. The van der Waals surface area contributed by atoms with Gasteiger partial charge in [-0.1, -0.05) is 68.3 Å². The molecule has 0 saturated heterocycles. The van der Waals surface area contributed by atoms with Gasteiger partial charge in [-0.15, -0.1) is 0 Å². The minimum Gasteiger partial charge on any atom is -0.326 e. The number of hydrogen-bond donors (Lipinski definition) is 1. The summed E-state index contributed by atoms with van der Waals surface area (Å²) in [4.78, 5) is 40.4. The van der Waals surface area contributed by atoms with Crippen LogP contribution < -0.4 is 5.32 Å². The second-order valence-corrected chi connectivity index (χ2v) is 8.28. The van der Waals surface area contributed by atoms with Gasteiger partial charge in [-0.25, -0.2) is 0 Å². The van der Waals surface area contributed by atoms with Crippen molar-refractivity contribution in [2.24, 2.45) is 0 Å². The average molecular weight is 423 g/mol. The number of carbonyl (C=O) groups excluding carboxylic acids is 3. The molecule has 0 unspecified atom stereocenters. The van der Waals surface area contributed by atoms with Crippen molar-refractivity contribution >= 4 is 40.7 Å². The van der Waals surface area contributed by atoms with Gasteiger partial charge in [-0.3, -0.25) is 19.3 Å². The van der Waals surface area contributed by atoms with Crippen LogP contribution in [0.2, 0.25) is 0 Å². The summed E-state index contributed by atoms with van der Waals surface area (Å²) < 4.78 is 0. The van der Waals surface area contributed by atoms with Crippen LogP contribution in [0.3, 0.4) is 0 Å². The molecule has 3 amide bonds. The van der Waals surface area contributed by atoms with Crippen LogP contribution in [0.25, 0.3) is 5.57 Å². The van der Waals surface area contributed by atoms with Gasteiger partial charge in [-0.2, -0.15) is 0 Å². The van der Waals surface area contributed by atoms with Crippen molar-refractivity contribution < 1.29 is 14.4 Å². The lowest BCUT2D eigenvalue weighted by Crippen LogP contribution is -2.32. The normalized spacial score (nSPS) is 13.9. The van der Waals surface area contributed by atoms with Crippen LogP contribution >= 0.6 is 11.8 Å². The molecular formula is C24H26N2O3S. The van der Waals surface area contributed by atoms with Crippen molar-refractivity contribution in [2.75, 3.05) is 11.9 Å². The highest BCUT2D eigenvalue weighted by Crippen LogP contribution is 2.40. The number of carbonyl (C=O) groups is 3. The van der Waals surface area contributed by atoms with Gasteiger partial charge in [0.15, 0.2) is 0 Å². The third kappa shape index (κ3) is 5.19. The number of benzene rings is 2. The molecule has 0 aliphatic carbocycles. The Kier molecular flexibility index (Phi) is 7.46. The molecule has 0 saturated carbocycles. The van der Waals surface area contributed by atoms with Gasteiger partial charge in [-0.05, 0) is 36.2 Å². The second-order valence-electron chi connectivity index (χ2n) is 7.20. The molecule has 2 aromatic rings. The quantitative estimate of drug-likeness (QED) is 0.451. The lowest BCUT2D eigenvalue weighted by Gasteiger charge is -2.15. The number of imide groups is 1. The Morgan fingerprint density at radius 2 is 1.63 bits per heavy atom. The number of amides is 3. The summed E-state index contributed by atoms with van der Waals surface area (Å²) in [6.45, 7) is 4.01. The summed E-state index contributed by atoms with van der Waals surface area (Å²) in [5, 5.41) is 2.72. The first-order valence-corrected chi connectivity index (χ1v) is 11.0. The Morgan fingerprint density at radius 3 is 2.27 bits per heavy atom. The number of nitrogens with one attached hydrogen (secondary N) is 1. The molecule has 0 radical (unpaired) electrons. The van der Waals surface area contributed by atoms with Crippen LogP contribution in [0, 0.1) is 0 Å². The number of anilines is 1. The first kappa shape index (κ1) is 21.8. The van der Waals surface area contributed by atoms with Crippen LogP contribution in [0.15, 0.2) is 64.4 Å². The molecule has 0 atom stereocenters. The molecule has 5 nitrogen and oxygen atoms in total. The van der Waals surface area contributed by atoms with Crippen LogP contribution in [-0.2, 0) is 14.4 Å². The molecule has 0 fully saturated rings. The second kappa shape index (κ2) is 10.3.